The maximum atomic E-state index is 11.2. The highest BCUT2D eigenvalue weighted by atomic mass is 79.9. The summed E-state index contributed by atoms with van der Waals surface area (Å²) in [6.45, 7) is 0.375. The van der Waals surface area contributed by atoms with Crippen molar-refractivity contribution in [2.75, 3.05) is 26.1 Å². The fraction of sp³-hybridized carbons (Fsp3) is 0.364. The number of ether oxygens (including phenoxy) is 2. The number of nitrogens with one attached hydrogen (secondary N) is 1. The monoisotopic (exact) mass is 321 g/mol. The Morgan fingerprint density at radius 1 is 1.53 bits per heavy atom. The normalized spacial score (nSPS) is 11.8. The van der Waals surface area contributed by atoms with E-state index in [4.69, 9.17) is 16.3 Å². The Kier molecular flexibility index (Phi) is 5.58. The summed E-state index contributed by atoms with van der Waals surface area (Å²) in [5, 5.41) is 3.61. The Labute approximate surface area is 113 Å². The highest BCUT2D eigenvalue weighted by Crippen LogP contribution is 2.26. The van der Waals surface area contributed by atoms with Gasteiger partial charge in [0.2, 0.25) is 0 Å². The molecule has 94 valence electrons. The molecule has 0 radical (unpaired) electrons. The van der Waals surface area contributed by atoms with E-state index in [-0.39, 0.29) is 5.97 Å². The molecule has 4 nitrogen and oxygen atoms in total. The number of hydrogen-bond donors (Lipinski definition) is 1. The van der Waals surface area contributed by atoms with Gasteiger partial charge < -0.3 is 14.8 Å². The Morgan fingerprint density at radius 3 is 2.82 bits per heavy atom. The van der Waals surface area contributed by atoms with Gasteiger partial charge in [0, 0.05) is 12.6 Å². The van der Waals surface area contributed by atoms with Crippen molar-refractivity contribution in [3.05, 3.63) is 23.2 Å². The molecule has 0 aliphatic rings. The van der Waals surface area contributed by atoms with Crippen molar-refractivity contribution in [3.63, 3.8) is 0 Å². The lowest BCUT2D eigenvalue weighted by molar-refractivity contribution is -0.139. The summed E-state index contributed by atoms with van der Waals surface area (Å²) in [6.07, 6.45) is 0. The van der Waals surface area contributed by atoms with E-state index in [1.54, 1.807) is 25.3 Å². The molecule has 1 unspecified atom stereocenters. The van der Waals surface area contributed by atoms with Crippen LogP contribution in [0.2, 0.25) is 5.02 Å². The second-order valence-corrected chi connectivity index (χ2v) is 4.73. The van der Waals surface area contributed by atoms with Gasteiger partial charge in [-0.15, -0.1) is 0 Å². The van der Waals surface area contributed by atoms with Crippen LogP contribution in [0.5, 0.6) is 5.75 Å². The first-order valence-electron chi connectivity index (χ1n) is 4.87. The van der Waals surface area contributed by atoms with Crippen molar-refractivity contribution in [3.8, 4) is 5.75 Å². The van der Waals surface area contributed by atoms with Gasteiger partial charge >= 0.3 is 5.97 Å². The number of esters is 1. The van der Waals surface area contributed by atoms with Gasteiger partial charge in [-0.05, 0) is 12.1 Å². The molecule has 17 heavy (non-hydrogen) atoms. The van der Waals surface area contributed by atoms with E-state index in [9.17, 15) is 4.79 Å². The zero-order chi connectivity index (χ0) is 12.8. The van der Waals surface area contributed by atoms with E-state index in [0.717, 1.165) is 0 Å². The molecule has 1 aromatic rings. The summed E-state index contributed by atoms with van der Waals surface area (Å²) in [5.41, 5.74) is 0.708. The zero-order valence-electron chi connectivity index (χ0n) is 9.50. The third-order valence-corrected chi connectivity index (χ3v) is 3.13. The molecule has 0 heterocycles. The predicted molar refractivity (Wildman–Crippen MR) is 71.2 cm³/mol. The van der Waals surface area contributed by atoms with Crippen LogP contribution in [-0.2, 0) is 9.53 Å². The van der Waals surface area contributed by atoms with Crippen LogP contribution in [0.25, 0.3) is 0 Å². The van der Waals surface area contributed by atoms with E-state index >= 15 is 0 Å². The number of alkyl halides is 1. The quantitative estimate of drug-likeness (QED) is 0.669. The summed E-state index contributed by atoms with van der Waals surface area (Å²) in [6, 6.07) is 5.25. The molecule has 0 spiro atoms. The lowest BCUT2D eigenvalue weighted by Crippen LogP contribution is -2.24. The smallest absolute Gasteiger partial charge is 0.321 e. The van der Waals surface area contributed by atoms with E-state index in [0.29, 0.717) is 23.0 Å². The Balaban J connectivity index is 2.65. The molecule has 6 heteroatoms. The van der Waals surface area contributed by atoms with Crippen LogP contribution in [0.3, 0.4) is 0 Å². The zero-order valence-corrected chi connectivity index (χ0v) is 11.8. The van der Waals surface area contributed by atoms with Crippen molar-refractivity contribution < 1.29 is 14.3 Å². The first-order valence-corrected chi connectivity index (χ1v) is 6.17. The lowest BCUT2D eigenvalue weighted by Gasteiger charge is -2.12. The molecule has 1 atom stereocenters. The van der Waals surface area contributed by atoms with Gasteiger partial charge in [-0.2, -0.15) is 0 Å². The molecule has 0 aromatic heterocycles. The third-order valence-electron chi connectivity index (χ3n) is 2.10. The van der Waals surface area contributed by atoms with Crippen molar-refractivity contribution in [1.82, 2.24) is 0 Å². The van der Waals surface area contributed by atoms with Gasteiger partial charge in [-0.1, -0.05) is 27.5 Å². The van der Waals surface area contributed by atoms with Crippen LogP contribution in [0.15, 0.2) is 18.2 Å². The van der Waals surface area contributed by atoms with Crippen molar-refractivity contribution in [2.45, 2.75) is 4.83 Å². The first kappa shape index (κ1) is 14.1. The molecular formula is C11H13BrClNO3. The average Bonchev–Trinajstić information content (AvgIpc) is 2.36. The number of methoxy groups -OCH3 is 2. The number of hydrogen-bond acceptors (Lipinski definition) is 4. The maximum Gasteiger partial charge on any atom is 0.321 e. The standard InChI is InChI=1S/C11H13BrClNO3/c1-16-7-3-4-9(13)10(5-7)14-6-8(12)11(15)17-2/h3-5,8,14H,6H2,1-2H3. The van der Waals surface area contributed by atoms with Gasteiger partial charge in [0.25, 0.3) is 0 Å². The van der Waals surface area contributed by atoms with Crippen LogP contribution < -0.4 is 10.1 Å². The Bertz CT molecular complexity index is 400. The number of rotatable bonds is 5. The van der Waals surface area contributed by atoms with Gasteiger partial charge in [0.05, 0.1) is 24.9 Å². The van der Waals surface area contributed by atoms with Crippen LogP contribution in [0.1, 0.15) is 0 Å². The summed E-state index contributed by atoms with van der Waals surface area (Å²) >= 11 is 9.21. The van der Waals surface area contributed by atoms with Crippen LogP contribution in [0, 0.1) is 0 Å². The molecule has 1 rings (SSSR count). The predicted octanol–water partition coefficient (Wildman–Crippen LogP) is 2.70. The molecule has 0 saturated carbocycles. The van der Waals surface area contributed by atoms with Crippen molar-refractivity contribution in [1.29, 1.82) is 0 Å². The summed E-state index contributed by atoms with van der Waals surface area (Å²) < 4.78 is 9.68. The van der Waals surface area contributed by atoms with Crippen molar-refractivity contribution >= 4 is 39.2 Å². The number of carbonyl (C=O) groups is 1. The van der Waals surface area contributed by atoms with Crippen LogP contribution in [-0.4, -0.2) is 31.6 Å². The number of anilines is 1. The molecule has 1 N–H and O–H groups in total. The fourth-order valence-electron chi connectivity index (χ4n) is 1.18. The third kappa shape index (κ3) is 4.09. The largest absolute Gasteiger partial charge is 0.497 e. The minimum absolute atomic E-state index is 0.337. The molecule has 0 bridgehead atoms. The van der Waals surface area contributed by atoms with Crippen molar-refractivity contribution in [2.24, 2.45) is 0 Å². The molecule has 0 fully saturated rings. The van der Waals surface area contributed by atoms with E-state index in [1.807, 2.05) is 0 Å². The van der Waals surface area contributed by atoms with E-state index in [1.165, 1.54) is 7.11 Å². The first-order chi connectivity index (χ1) is 8.08. The fourth-order valence-corrected chi connectivity index (χ4v) is 1.71. The topological polar surface area (TPSA) is 47.6 Å². The van der Waals surface area contributed by atoms with E-state index < -0.39 is 4.83 Å². The summed E-state index contributed by atoms with van der Waals surface area (Å²) in [4.78, 5) is 10.8. The van der Waals surface area contributed by atoms with Gasteiger partial charge in [-0.3, -0.25) is 4.79 Å². The van der Waals surface area contributed by atoms with Gasteiger partial charge in [0.15, 0.2) is 0 Å². The second kappa shape index (κ2) is 6.71. The minimum Gasteiger partial charge on any atom is -0.497 e. The number of carbonyl (C=O) groups excluding carboxylic acids is 1. The van der Waals surface area contributed by atoms with Gasteiger partial charge in [-0.25, -0.2) is 0 Å². The number of benzene rings is 1. The lowest BCUT2D eigenvalue weighted by atomic mass is 10.3. The van der Waals surface area contributed by atoms with Crippen LogP contribution in [0.4, 0.5) is 5.69 Å². The molecule has 1 aromatic carbocycles. The van der Waals surface area contributed by atoms with Crippen LogP contribution >= 0.6 is 27.5 Å². The molecule has 0 amide bonds. The summed E-state index contributed by atoms with van der Waals surface area (Å²) in [5.74, 6) is 0.359. The Hall–Kier alpha value is -0.940. The highest BCUT2D eigenvalue weighted by molar-refractivity contribution is 9.10. The molecule has 0 aliphatic heterocycles. The van der Waals surface area contributed by atoms with Gasteiger partial charge in [0.1, 0.15) is 10.6 Å². The summed E-state index contributed by atoms with van der Waals surface area (Å²) in [7, 11) is 2.92. The highest BCUT2D eigenvalue weighted by Gasteiger charge is 2.15. The average molecular weight is 323 g/mol. The maximum absolute atomic E-state index is 11.2. The minimum atomic E-state index is -0.422. The SMILES string of the molecule is COC(=O)C(Br)CNc1cc(OC)ccc1Cl. The second-order valence-electron chi connectivity index (χ2n) is 3.22. The molecule has 0 aliphatic carbocycles. The molecular weight excluding hydrogens is 309 g/mol. The van der Waals surface area contributed by atoms with E-state index in [2.05, 4.69) is 26.0 Å². The molecule has 0 saturated heterocycles. The Morgan fingerprint density at radius 2 is 2.24 bits per heavy atom. The number of halogens is 2.